The van der Waals surface area contributed by atoms with Crippen molar-refractivity contribution in [1.29, 1.82) is 0 Å². The summed E-state index contributed by atoms with van der Waals surface area (Å²) in [5, 5.41) is 2.70. The molecule has 7 nitrogen and oxygen atoms in total. The number of carbonyl (C=O) groups excluding carboxylic acids is 2. The quantitative estimate of drug-likeness (QED) is 0.592. The number of hydrogen-bond donors (Lipinski definition) is 1. The second-order valence-corrected chi connectivity index (χ2v) is 10.0. The highest BCUT2D eigenvalue weighted by molar-refractivity contribution is 7.92. The van der Waals surface area contributed by atoms with Gasteiger partial charge in [0.25, 0.3) is 15.9 Å². The van der Waals surface area contributed by atoms with E-state index in [4.69, 9.17) is 4.74 Å². The number of nitrogens with one attached hydrogen (secondary N) is 1. The molecule has 0 aromatic heterocycles. The second kappa shape index (κ2) is 10.4. The number of para-hydroxylation sites is 1. The Hall–Kier alpha value is -2.87. The highest BCUT2D eigenvalue weighted by Crippen LogP contribution is 2.25. The summed E-state index contributed by atoms with van der Waals surface area (Å²) in [6, 6.07) is 14.5. The van der Waals surface area contributed by atoms with Crippen LogP contribution in [0.3, 0.4) is 0 Å². The lowest BCUT2D eigenvalue weighted by Crippen LogP contribution is -2.42. The zero-order valence-corrected chi connectivity index (χ0v) is 19.2. The van der Waals surface area contributed by atoms with Crippen LogP contribution < -0.4 is 9.62 Å². The summed E-state index contributed by atoms with van der Waals surface area (Å²) in [7, 11) is -3.89. The number of anilines is 1. The molecule has 0 saturated heterocycles. The maximum atomic E-state index is 13.3. The van der Waals surface area contributed by atoms with E-state index in [2.05, 4.69) is 5.32 Å². The SMILES string of the molecule is CCCCN(c1ccccc1)S(=O)(=O)c1cccc(C(=O)OCC(=O)NC(C)(C)C)c1. The first-order valence-electron chi connectivity index (χ1n) is 10.2. The lowest BCUT2D eigenvalue weighted by molar-refractivity contribution is -0.125. The Balaban J connectivity index is 2.23. The Kier molecular flexibility index (Phi) is 8.21. The molecule has 0 aliphatic carbocycles. The summed E-state index contributed by atoms with van der Waals surface area (Å²) in [6.07, 6.45) is 1.53. The lowest BCUT2D eigenvalue weighted by atomic mass is 10.1. The molecule has 0 aliphatic heterocycles. The van der Waals surface area contributed by atoms with Gasteiger partial charge in [0.1, 0.15) is 0 Å². The van der Waals surface area contributed by atoms with Gasteiger partial charge in [-0.05, 0) is 57.5 Å². The van der Waals surface area contributed by atoms with Gasteiger partial charge >= 0.3 is 5.97 Å². The molecule has 0 radical (unpaired) electrons. The number of carbonyl (C=O) groups is 2. The van der Waals surface area contributed by atoms with E-state index in [1.807, 2.05) is 33.8 Å². The minimum atomic E-state index is -3.89. The van der Waals surface area contributed by atoms with Gasteiger partial charge in [0.05, 0.1) is 16.1 Å². The smallest absolute Gasteiger partial charge is 0.338 e. The first-order chi connectivity index (χ1) is 14.5. The zero-order valence-electron chi connectivity index (χ0n) is 18.4. The standard InChI is InChI=1S/C23H30N2O5S/c1-5-6-15-25(19-12-8-7-9-13-19)31(28,29)20-14-10-11-18(16-20)22(27)30-17-21(26)24-23(2,3)4/h7-14,16H,5-6,15,17H2,1-4H3,(H,24,26). The minimum absolute atomic E-state index is 0.0129. The number of benzene rings is 2. The predicted octanol–water partition coefficient (Wildman–Crippen LogP) is 3.75. The fourth-order valence-corrected chi connectivity index (χ4v) is 4.41. The molecule has 0 spiro atoms. The third kappa shape index (κ3) is 7.10. The summed E-state index contributed by atoms with van der Waals surface area (Å²) in [5.41, 5.74) is 0.174. The first-order valence-corrected chi connectivity index (χ1v) is 11.6. The normalized spacial score (nSPS) is 11.6. The maximum absolute atomic E-state index is 13.3. The van der Waals surface area contributed by atoms with Crippen LogP contribution in [0, 0.1) is 0 Å². The van der Waals surface area contributed by atoms with Gasteiger partial charge < -0.3 is 10.1 Å². The molecule has 2 aromatic rings. The highest BCUT2D eigenvalue weighted by Gasteiger charge is 2.25. The van der Waals surface area contributed by atoms with Crippen LogP contribution in [0.25, 0.3) is 0 Å². The monoisotopic (exact) mass is 446 g/mol. The van der Waals surface area contributed by atoms with Gasteiger partial charge in [0.2, 0.25) is 0 Å². The lowest BCUT2D eigenvalue weighted by Gasteiger charge is -2.24. The van der Waals surface area contributed by atoms with Crippen LogP contribution in [0.4, 0.5) is 5.69 Å². The number of nitrogens with zero attached hydrogens (tertiary/aromatic N) is 1. The summed E-state index contributed by atoms with van der Waals surface area (Å²) in [5.74, 6) is -1.19. The van der Waals surface area contributed by atoms with Gasteiger partial charge in [0.15, 0.2) is 6.61 Å². The molecule has 31 heavy (non-hydrogen) atoms. The van der Waals surface area contributed by atoms with Crippen molar-refractivity contribution in [3.8, 4) is 0 Å². The highest BCUT2D eigenvalue weighted by atomic mass is 32.2. The number of ether oxygens (including phenoxy) is 1. The summed E-state index contributed by atoms with van der Waals surface area (Å²) in [4.78, 5) is 24.3. The van der Waals surface area contributed by atoms with Crippen LogP contribution in [0.1, 0.15) is 50.9 Å². The Morgan fingerprint density at radius 1 is 1.03 bits per heavy atom. The van der Waals surface area contributed by atoms with Crippen molar-refractivity contribution in [1.82, 2.24) is 5.32 Å². The number of esters is 1. The molecule has 0 atom stereocenters. The molecule has 0 aliphatic rings. The van der Waals surface area contributed by atoms with Crippen molar-refractivity contribution in [3.05, 3.63) is 60.2 Å². The van der Waals surface area contributed by atoms with E-state index >= 15 is 0 Å². The molecule has 0 unspecified atom stereocenters. The van der Waals surface area contributed by atoms with E-state index in [0.29, 0.717) is 18.7 Å². The molecular formula is C23H30N2O5S. The number of amides is 1. The van der Waals surface area contributed by atoms with E-state index in [1.54, 1.807) is 24.3 Å². The van der Waals surface area contributed by atoms with E-state index in [9.17, 15) is 18.0 Å². The van der Waals surface area contributed by atoms with Crippen LogP contribution in [-0.4, -0.2) is 39.0 Å². The van der Waals surface area contributed by atoms with Crippen molar-refractivity contribution in [3.63, 3.8) is 0 Å². The van der Waals surface area contributed by atoms with Gasteiger partial charge in [-0.2, -0.15) is 0 Å². The molecule has 168 valence electrons. The Morgan fingerprint density at radius 2 is 1.71 bits per heavy atom. The number of unbranched alkanes of at least 4 members (excludes halogenated alkanes) is 1. The van der Waals surface area contributed by atoms with E-state index < -0.39 is 34.0 Å². The van der Waals surface area contributed by atoms with Crippen molar-refractivity contribution in [2.24, 2.45) is 0 Å². The van der Waals surface area contributed by atoms with Crippen molar-refractivity contribution in [2.75, 3.05) is 17.5 Å². The predicted molar refractivity (Wildman–Crippen MR) is 121 cm³/mol. The molecule has 0 heterocycles. The maximum Gasteiger partial charge on any atom is 0.338 e. The van der Waals surface area contributed by atoms with Crippen molar-refractivity contribution < 1.29 is 22.7 Å². The molecule has 8 heteroatoms. The molecular weight excluding hydrogens is 416 g/mol. The molecule has 0 fully saturated rings. The Bertz CT molecular complexity index is 998. The summed E-state index contributed by atoms with van der Waals surface area (Å²) < 4.78 is 33.1. The fraction of sp³-hybridized carbons (Fsp3) is 0.391. The second-order valence-electron chi connectivity index (χ2n) is 8.17. The number of sulfonamides is 1. The largest absolute Gasteiger partial charge is 0.452 e. The van der Waals surface area contributed by atoms with E-state index in [0.717, 1.165) is 6.42 Å². The van der Waals surface area contributed by atoms with E-state index in [1.165, 1.54) is 28.6 Å². The average molecular weight is 447 g/mol. The Labute approximate surface area is 184 Å². The van der Waals surface area contributed by atoms with Gasteiger partial charge in [-0.1, -0.05) is 37.6 Å². The van der Waals surface area contributed by atoms with Crippen LogP contribution in [-0.2, 0) is 19.6 Å². The molecule has 0 bridgehead atoms. The van der Waals surface area contributed by atoms with Gasteiger partial charge in [-0.15, -0.1) is 0 Å². The summed E-state index contributed by atoms with van der Waals surface area (Å²) in [6.45, 7) is 7.32. The first kappa shape index (κ1) is 24.4. The molecule has 2 rings (SSSR count). The van der Waals surface area contributed by atoms with Gasteiger partial charge in [-0.25, -0.2) is 13.2 Å². The summed E-state index contributed by atoms with van der Waals surface area (Å²) >= 11 is 0. The van der Waals surface area contributed by atoms with Crippen LogP contribution in [0.5, 0.6) is 0 Å². The molecule has 2 aromatic carbocycles. The van der Waals surface area contributed by atoms with Crippen LogP contribution in [0.2, 0.25) is 0 Å². The number of rotatable bonds is 9. The van der Waals surface area contributed by atoms with E-state index in [-0.39, 0.29) is 10.5 Å². The zero-order chi connectivity index (χ0) is 23.1. The minimum Gasteiger partial charge on any atom is -0.452 e. The van der Waals surface area contributed by atoms with Gasteiger partial charge in [-0.3, -0.25) is 9.10 Å². The molecule has 1 N–H and O–H groups in total. The number of hydrogen-bond acceptors (Lipinski definition) is 5. The van der Waals surface area contributed by atoms with Crippen molar-refractivity contribution in [2.45, 2.75) is 51.0 Å². The fourth-order valence-electron chi connectivity index (χ4n) is 2.86. The molecule has 1 amide bonds. The average Bonchev–Trinajstić information content (AvgIpc) is 2.72. The van der Waals surface area contributed by atoms with Crippen LogP contribution >= 0.6 is 0 Å². The molecule has 0 saturated carbocycles. The van der Waals surface area contributed by atoms with Gasteiger partial charge in [0, 0.05) is 12.1 Å². The topological polar surface area (TPSA) is 92.8 Å². The third-order valence-corrected chi connectivity index (χ3v) is 6.09. The van der Waals surface area contributed by atoms with Crippen LogP contribution in [0.15, 0.2) is 59.5 Å². The third-order valence-electron chi connectivity index (χ3n) is 4.27. The van der Waals surface area contributed by atoms with Crippen molar-refractivity contribution >= 4 is 27.6 Å². The Morgan fingerprint density at radius 3 is 2.32 bits per heavy atom.